The van der Waals surface area contributed by atoms with Crippen LogP contribution in [0.2, 0.25) is 0 Å². The monoisotopic (exact) mass is 457 g/mol. The van der Waals surface area contributed by atoms with Crippen LogP contribution >= 0.6 is 0 Å². The van der Waals surface area contributed by atoms with E-state index in [1.165, 1.54) is 4.68 Å². The molecule has 0 aliphatic carbocycles. The van der Waals surface area contributed by atoms with Gasteiger partial charge in [-0.1, -0.05) is 60.7 Å². The van der Waals surface area contributed by atoms with E-state index < -0.39 is 6.10 Å². The van der Waals surface area contributed by atoms with Gasteiger partial charge in [-0.25, -0.2) is 4.68 Å². The molecule has 3 aromatic carbocycles. The third kappa shape index (κ3) is 5.71. The number of hydrogen-bond donors (Lipinski definition) is 2. The lowest BCUT2D eigenvalue weighted by molar-refractivity contribution is 0.135. The number of aliphatic hydroxyl groups excluding tert-OH is 1. The molecule has 0 fully saturated rings. The molecule has 4 rings (SSSR count). The number of fused-ring (bicyclic) bond motifs is 1. The number of nitrogens with zero attached hydrogens (tertiary/aromatic N) is 2. The summed E-state index contributed by atoms with van der Waals surface area (Å²) in [6.45, 7) is 5.57. The topological polar surface area (TPSA) is 76.4 Å². The molecule has 0 spiro atoms. The summed E-state index contributed by atoms with van der Waals surface area (Å²) in [4.78, 5) is 12.7. The molecule has 0 saturated carbocycles. The number of aryl methyl sites for hydroxylation is 2. The Labute approximate surface area is 199 Å². The first kappa shape index (κ1) is 23.7. The maximum atomic E-state index is 12.7. The van der Waals surface area contributed by atoms with E-state index in [4.69, 9.17) is 4.74 Å². The predicted octanol–water partition coefficient (Wildman–Crippen LogP) is 4.39. The zero-order valence-corrected chi connectivity index (χ0v) is 19.6. The van der Waals surface area contributed by atoms with Gasteiger partial charge in [-0.05, 0) is 56.1 Å². The first-order chi connectivity index (χ1) is 16.5. The molecule has 0 bridgehead atoms. The molecular weight excluding hydrogens is 426 g/mol. The van der Waals surface area contributed by atoms with Crippen LogP contribution in [0.5, 0.6) is 5.75 Å². The fraction of sp³-hybridized carbons (Fsp3) is 0.286. The molecule has 1 aromatic heterocycles. The number of benzene rings is 3. The van der Waals surface area contributed by atoms with E-state index in [0.29, 0.717) is 25.1 Å². The molecule has 0 aliphatic rings. The quantitative estimate of drug-likeness (QED) is 0.346. The Morgan fingerprint density at radius 1 is 0.971 bits per heavy atom. The number of nitrogens with one attached hydrogen (secondary N) is 1. The van der Waals surface area contributed by atoms with Crippen molar-refractivity contribution in [2.24, 2.45) is 0 Å². The Balaban J connectivity index is 1.26. The Bertz CT molecular complexity index is 1270. The Morgan fingerprint density at radius 2 is 1.65 bits per heavy atom. The van der Waals surface area contributed by atoms with Crippen LogP contribution in [0, 0.1) is 6.92 Å². The largest absolute Gasteiger partial charge is 0.489 e. The summed E-state index contributed by atoms with van der Waals surface area (Å²) in [6, 6.07) is 25.0. The van der Waals surface area contributed by atoms with Gasteiger partial charge < -0.3 is 15.2 Å². The van der Waals surface area contributed by atoms with Crippen LogP contribution in [0.3, 0.4) is 0 Å². The summed E-state index contributed by atoms with van der Waals surface area (Å²) in [6.07, 6.45) is 0.0838. The lowest BCUT2D eigenvalue weighted by atomic mass is 10.0. The average Bonchev–Trinajstić information content (AvgIpc) is 2.88. The van der Waals surface area contributed by atoms with Crippen LogP contribution in [0.25, 0.3) is 10.8 Å². The lowest BCUT2D eigenvalue weighted by Crippen LogP contribution is -2.34. The van der Waals surface area contributed by atoms with Gasteiger partial charge >= 0.3 is 0 Å². The van der Waals surface area contributed by atoms with E-state index in [0.717, 1.165) is 34.4 Å². The van der Waals surface area contributed by atoms with Crippen molar-refractivity contribution in [1.29, 1.82) is 0 Å². The molecular formula is C28H31N3O3. The Kier molecular flexibility index (Phi) is 7.72. The molecule has 1 heterocycles. The van der Waals surface area contributed by atoms with Crippen LogP contribution in [-0.4, -0.2) is 27.5 Å². The van der Waals surface area contributed by atoms with Gasteiger partial charge in [-0.3, -0.25) is 4.79 Å². The number of aromatic nitrogens is 2. The second kappa shape index (κ2) is 11.1. The van der Waals surface area contributed by atoms with Crippen molar-refractivity contribution in [3.05, 3.63) is 106 Å². The molecule has 0 saturated heterocycles. The average molecular weight is 458 g/mol. The van der Waals surface area contributed by atoms with Crippen LogP contribution < -0.4 is 15.6 Å². The Hall–Kier alpha value is -3.48. The minimum Gasteiger partial charge on any atom is -0.489 e. The molecule has 0 radical (unpaired) electrons. The fourth-order valence-corrected chi connectivity index (χ4v) is 4.02. The van der Waals surface area contributed by atoms with Crippen molar-refractivity contribution in [3.8, 4) is 5.75 Å². The highest BCUT2D eigenvalue weighted by molar-refractivity contribution is 5.83. The standard InChI is InChI=1S/C28H31N3O3/c1-20-25-11-6-7-12-26(25)28(33)31(30-20)18-8-17-29-21(2)27(32)23-13-15-24(16-14-23)34-19-22-9-4-3-5-10-22/h3-7,9-16,21,27,29,32H,8,17-19H2,1-2H3. The van der Waals surface area contributed by atoms with Crippen LogP contribution in [0.15, 0.2) is 83.7 Å². The second-order valence-corrected chi connectivity index (χ2v) is 8.54. The van der Waals surface area contributed by atoms with E-state index >= 15 is 0 Å². The zero-order chi connectivity index (χ0) is 23.9. The number of aliphatic hydroxyl groups is 1. The van der Waals surface area contributed by atoms with Gasteiger partial charge in [0, 0.05) is 18.0 Å². The fourth-order valence-electron chi connectivity index (χ4n) is 4.02. The number of ether oxygens (including phenoxy) is 1. The van der Waals surface area contributed by atoms with Crippen LogP contribution in [-0.2, 0) is 13.2 Å². The summed E-state index contributed by atoms with van der Waals surface area (Å²) in [5.41, 5.74) is 2.72. The molecule has 2 atom stereocenters. The summed E-state index contributed by atoms with van der Waals surface area (Å²) in [5, 5.41) is 20.1. The van der Waals surface area contributed by atoms with Crippen molar-refractivity contribution in [2.45, 2.75) is 45.6 Å². The first-order valence-electron chi connectivity index (χ1n) is 11.7. The lowest BCUT2D eigenvalue weighted by Gasteiger charge is -2.21. The van der Waals surface area contributed by atoms with Gasteiger partial charge in [-0.2, -0.15) is 5.10 Å². The molecule has 2 unspecified atom stereocenters. The number of rotatable bonds is 10. The van der Waals surface area contributed by atoms with Gasteiger partial charge in [0.1, 0.15) is 12.4 Å². The molecule has 0 amide bonds. The minimum atomic E-state index is -0.646. The van der Waals surface area contributed by atoms with E-state index in [9.17, 15) is 9.90 Å². The van der Waals surface area contributed by atoms with Gasteiger partial charge in [-0.15, -0.1) is 0 Å². The maximum Gasteiger partial charge on any atom is 0.274 e. The van der Waals surface area contributed by atoms with Crippen molar-refractivity contribution in [3.63, 3.8) is 0 Å². The van der Waals surface area contributed by atoms with Crippen molar-refractivity contribution >= 4 is 10.8 Å². The van der Waals surface area contributed by atoms with Gasteiger partial charge in [0.05, 0.1) is 17.2 Å². The maximum absolute atomic E-state index is 12.7. The summed E-state index contributed by atoms with van der Waals surface area (Å²) < 4.78 is 7.36. The van der Waals surface area contributed by atoms with Gasteiger partial charge in [0.25, 0.3) is 5.56 Å². The molecule has 4 aromatic rings. The molecule has 0 aliphatic heterocycles. The van der Waals surface area contributed by atoms with Crippen LogP contribution in [0.1, 0.15) is 36.3 Å². The van der Waals surface area contributed by atoms with E-state index in [1.54, 1.807) is 0 Å². The SMILES string of the molecule is Cc1nn(CCCNC(C)C(O)c2ccc(OCc3ccccc3)cc2)c(=O)c2ccccc12. The third-order valence-electron chi connectivity index (χ3n) is 6.01. The highest BCUT2D eigenvalue weighted by Crippen LogP contribution is 2.21. The highest BCUT2D eigenvalue weighted by Gasteiger charge is 2.16. The zero-order valence-electron chi connectivity index (χ0n) is 19.6. The van der Waals surface area contributed by atoms with Gasteiger partial charge in [0.15, 0.2) is 0 Å². The molecule has 6 nitrogen and oxygen atoms in total. The minimum absolute atomic E-state index is 0.0659. The molecule has 34 heavy (non-hydrogen) atoms. The van der Waals surface area contributed by atoms with Crippen molar-refractivity contribution in [2.75, 3.05) is 6.54 Å². The summed E-state index contributed by atoms with van der Waals surface area (Å²) in [7, 11) is 0. The molecule has 6 heteroatoms. The molecule has 2 N–H and O–H groups in total. The summed E-state index contributed by atoms with van der Waals surface area (Å²) >= 11 is 0. The first-order valence-corrected chi connectivity index (χ1v) is 11.7. The third-order valence-corrected chi connectivity index (χ3v) is 6.01. The van der Waals surface area contributed by atoms with Crippen molar-refractivity contribution < 1.29 is 9.84 Å². The predicted molar refractivity (Wildman–Crippen MR) is 135 cm³/mol. The van der Waals surface area contributed by atoms with E-state index in [-0.39, 0.29) is 11.6 Å². The number of hydrogen-bond acceptors (Lipinski definition) is 5. The Morgan fingerprint density at radius 3 is 2.38 bits per heavy atom. The normalized spacial score (nSPS) is 13.0. The van der Waals surface area contributed by atoms with E-state index in [2.05, 4.69) is 10.4 Å². The second-order valence-electron chi connectivity index (χ2n) is 8.54. The van der Waals surface area contributed by atoms with Gasteiger partial charge in [0.2, 0.25) is 0 Å². The highest BCUT2D eigenvalue weighted by atomic mass is 16.5. The van der Waals surface area contributed by atoms with Crippen LogP contribution in [0.4, 0.5) is 0 Å². The summed E-state index contributed by atoms with van der Waals surface area (Å²) in [5.74, 6) is 0.768. The smallest absolute Gasteiger partial charge is 0.274 e. The van der Waals surface area contributed by atoms with E-state index in [1.807, 2.05) is 92.7 Å². The van der Waals surface area contributed by atoms with Crippen molar-refractivity contribution in [1.82, 2.24) is 15.1 Å². The molecule has 176 valence electrons.